The lowest BCUT2D eigenvalue weighted by Crippen LogP contribution is -2.60. The maximum Gasteiger partial charge on any atom is 0.326 e. The third-order valence-corrected chi connectivity index (χ3v) is 17.7. The maximum absolute atomic E-state index is 14.8. The minimum atomic E-state index is -1.15. The van der Waals surface area contributed by atoms with Gasteiger partial charge in [-0.3, -0.25) is 52.7 Å². The second kappa shape index (κ2) is 37.0. The number of aliphatic carboxylic acids is 1. The van der Waals surface area contributed by atoms with Crippen molar-refractivity contribution in [1.29, 1.82) is 0 Å². The van der Waals surface area contributed by atoms with Crippen LogP contribution in [0.25, 0.3) is 0 Å². The molecule has 11 amide bonds. The Morgan fingerprint density at radius 1 is 0.312 bits per heavy atom. The molecule has 0 spiro atoms. The van der Waals surface area contributed by atoms with Crippen molar-refractivity contribution in [2.45, 2.75) is 286 Å². The first kappa shape index (κ1) is 79.0. The Kier molecular flexibility index (Phi) is 31.5. The van der Waals surface area contributed by atoms with E-state index in [1.54, 1.807) is 0 Å². The molecule has 0 aromatic heterocycles. The van der Waals surface area contributed by atoms with Crippen molar-refractivity contribution in [3.05, 3.63) is 0 Å². The lowest BCUT2D eigenvalue weighted by Gasteiger charge is -2.33. The van der Waals surface area contributed by atoms with E-state index in [4.69, 9.17) is 5.73 Å². The lowest BCUT2D eigenvalue weighted by molar-refractivity contribution is -0.149. The van der Waals surface area contributed by atoms with Gasteiger partial charge in [0, 0.05) is 26.2 Å². The molecule has 10 N–H and O–H groups in total. The second-order valence-corrected chi connectivity index (χ2v) is 30.2. The monoisotopic (exact) mass is 1310 g/mol. The third kappa shape index (κ3) is 24.1. The summed E-state index contributed by atoms with van der Waals surface area (Å²) >= 11 is 0. The van der Waals surface area contributed by atoms with Crippen molar-refractivity contribution in [3.63, 3.8) is 0 Å². The summed E-state index contributed by atoms with van der Waals surface area (Å²) in [5, 5.41) is 30.1. The Morgan fingerprint density at radius 3 is 0.742 bits per heavy atom. The van der Waals surface area contributed by atoms with Gasteiger partial charge in [-0.25, -0.2) is 4.79 Å². The van der Waals surface area contributed by atoms with E-state index in [-0.39, 0.29) is 125 Å². The maximum atomic E-state index is 14.8. The van der Waals surface area contributed by atoms with Crippen molar-refractivity contribution in [2.24, 2.45) is 53.1 Å². The van der Waals surface area contributed by atoms with E-state index in [1.165, 1.54) is 19.6 Å². The van der Waals surface area contributed by atoms with Gasteiger partial charge in [-0.05, 0) is 150 Å². The van der Waals surface area contributed by atoms with Gasteiger partial charge < -0.3 is 67.7 Å². The van der Waals surface area contributed by atoms with Gasteiger partial charge in [0.25, 0.3) is 0 Å². The molecule has 4 heterocycles. The van der Waals surface area contributed by atoms with Crippen molar-refractivity contribution in [1.82, 2.24) is 56.8 Å². The highest BCUT2D eigenvalue weighted by Gasteiger charge is 2.45. The van der Waals surface area contributed by atoms with Crippen LogP contribution in [0.4, 0.5) is 0 Å². The number of carbonyl (C=O) groups excluding carboxylic acids is 11. The average molecular weight is 1310 g/mol. The first-order valence-corrected chi connectivity index (χ1v) is 34.8. The van der Waals surface area contributed by atoms with E-state index >= 15 is 0 Å². The molecule has 0 aliphatic carbocycles. The van der Waals surface area contributed by atoms with Crippen LogP contribution in [-0.2, 0) is 57.5 Å². The quantitative estimate of drug-likeness (QED) is 0.0431. The minimum Gasteiger partial charge on any atom is -0.480 e. The molecule has 0 unspecified atom stereocenters. The van der Waals surface area contributed by atoms with E-state index in [2.05, 4.69) is 37.2 Å². The molecule has 4 aliphatic heterocycles. The molecule has 93 heavy (non-hydrogen) atoms. The van der Waals surface area contributed by atoms with Gasteiger partial charge in [-0.1, -0.05) is 111 Å². The number of likely N-dealkylation sites (tertiary alicyclic amines) is 4. The van der Waals surface area contributed by atoms with Crippen LogP contribution in [0.2, 0.25) is 0 Å². The third-order valence-electron chi connectivity index (χ3n) is 17.7. The smallest absolute Gasteiger partial charge is 0.326 e. The molecular formula is C68H118N12O13. The molecule has 0 aromatic rings. The van der Waals surface area contributed by atoms with Gasteiger partial charge in [0.2, 0.25) is 65.0 Å². The SMILES string of the molecule is CC(C)C[C@H](NC(=O)[C@@H]1CCCN1C(=O)[C@H](CC(C)C)NC(=O)[C@H](CC(C)C)NC(=O)[C@@H]1CCCN1C(=O)[C@H](CC(C)C)NC(=O)[C@H](CC(C)C)NC(=O)[C@@H]1CCCN1C(=O)[C@H](CC(C)C)NC(=O)[C@@H](N)CC(C)C)C(=O)N[C@@H](CC(C)C)C(=O)N1CCC[C@H]1C(=O)O. The molecule has 12 atom stereocenters. The molecule has 0 bridgehead atoms. The number of amides is 11. The van der Waals surface area contributed by atoms with Crippen LogP contribution in [0, 0.1) is 47.3 Å². The number of nitrogens with zero attached hydrogens (tertiary/aromatic N) is 4. The van der Waals surface area contributed by atoms with E-state index in [0.717, 1.165) is 0 Å². The van der Waals surface area contributed by atoms with E-state index < -0.39 is 143 Å². The van der Waals surface area contributed by atoms with Gasteiger partial charge in [0.05, 0.1) is 6.04 Å². The zero-order chi connectivity index (χ0) is 69.9. The second-order valence-electron chi connectivity index (χ2n) is 30.2. The fourth-order valence-corrected chi connectivity index (χ4v) is 13.4. The fourth-order valence-electron chi connectivity index (χ4n) is 13.4. The fraction of sp³-hybridized carbons (Fsp3) is 0.824. The molecule has 4 aliphatic rings. The Morgan fingerprint density at radius 2 is 0.516 bits per heavy atom. The van der Waals surface area contributed by atoms with Crippen LogP contribution in [0.5, 0.6) is 0 Å². The highest BCUT2D eigenvalue weighted by molar-refractivity contribution is 6.00. The molecular weight excluding hydrogens is 1190 g/mol. The van der Waals surface area contributed by atoms with Crippen molar-refractivity contribution >= 4 is 70.9 Å². The minimum absolute atomic E-state index is 0.0267. The molecule has 25 heteroatoms. The largest absolute Gasteiger partial charge is 0.480 e. The van der Waals surface area contributed by atoms with Crippen LogP contribution in [0.15, 0.2) is 0 Å². The summed E-state index contributed by atoms with van der Waals surface area (Å²) in [6.07, 6.45) is 5.07. The average Bonchev–Trinajstić information content (AvgIpc) is 1.84. The first-order chi connectivity index (χ1) is 43.5. The Balaban J connectivity index is 1.50. The van der Waals surface area contributed by atoms with Gasteiger partial charge in [0.15, 0.2) is 0 Å². The number of carboxylic acids is 1. The predicted octanol–water partition coefficient (Wildman–Crippen LogP) is 4.12. The molecule has 528 valence electrons. The van der Waals surface area contributed by atoms with E-state index in [0.29, 0.717) is 51.4 Å². The number of carbonyl (C=O) groups is 12. The number of nitrogens with one attached hydrogen (secondary N) is 7. The van der Waals surface area contributed by atoms with Crippen molar-refractivity contribution < 1.29 is 62.6 Å². The zero-order valence-electron chi connectivity index (χ0n) is 58.9. The Labute approximate surface area is 553 Å². The van der Waals surface area contributed by atoms with Crippen molar-refractivity contribution in [3.8, 4) is 0 Å². The van der Waals surface area contributed by atoms with Crippen molar-refractivity contribution in [2.75, 3.05) is 26.2 Å². The van der Waals surface area contributed by atoms with Crippen LogP contribution >= 0.6 is 0 Å². The van der Waals surface area contributed by atoms with Gasteiger partial charge in [0.1, 0.15) is 66.5 Å². The summed E-state index contributed by atoms with van der Waals surface area (Å²) in [5.74, 6) is -7.40. The molecule has 0 saturated carbocycles. The highest BCUT2D eigenvalue weighted by atomic mass is 16.4. The zero-order valence-corrected chi connectivity index (χ0v) is 58.9. The van der Waals surface area contributed by atoms with E-state index in [1.807, 2.05) is 111 Å². The molecule has 4 saturated heterocycles. The first-order valence-electron chi connectivity index (χ1n) is 34.8. The molecule has 0 aromatic carbocycles. The highest BCUT2D eigenvalue weighted by Crippen LogP contribution is 2.27. The summed E-state index contributed by atoms with van der Waals surface area (Å²) in [7, 11) is 0. The molecule has 4 fully saturated rings. The van der Waals surface area contributed by atoms with E-state index in [9.17, 15) is 62.6 Å². The Hall–Kier alpha value is -6.40. The summed E-state index contributed by atoms with van der Waals surface area (Å²) in [5.41, 5.74) is 6.20. The van der Waals surface area contributed by atoms with Gasteiger partial charge in [-0.2, -0.15) is 0 Å². The van der Waals surface area contributed by atoms with Crippen LogP contribution < -0.4 is 43.0 Å². The number of nitrogens with two attached hydrogens (primary N) is 1. The van der Waals surface area contributed by atoms with Gasteiger partial charge in [-0.15, -0.1) is 0 Å². The standard InChI is InChI=1S/C68H118N12O13/c1-37(2)29-45(69)57(81)73-49(33-41(9)10)64(88)77-25-17-21-53(77)61(85)70-46(30-38(3)4)58(82)74-50(34-42(11)12)65(89)78-26-18-22-54(78)62(86)71-47(31-39(5)6)59(83)75-51(35-43(13)14)66(90)79-27-19-23-55(79)63(87)72-48(32-40(7)8)60(84)76-52(36-44(15)16)67(91)80-28-20-24-56(80)68(92)93/h37-56H,17-36,69H2,1-16H3,(H,70,85)(H,71,86)(H,72,87)(H,73,81)(H,74,82)(H,75,83)(H,76,84)(H,92,93)/t45-,46-,47-,48-,49-,50-,51-,52-,53-,54-,55-,56-/m0/s1. The summed E-state index contributed by atoms with van der Waals surface area (Å²) in [6.45, 7) is 31.4. The van der Waals surface area contributed by atoms with Crippen LogP contribution in [-0.4, -0.2) is 194 Å². The summed E-state index contributed by atoms with van der Waals surface area (Å²) in [6, 6.07) is -12.3. The summed E-state index contributed by atoms with van der Waals surface area (Å²) in [4.78, 5) is 175. The van der Waals surface area contributed by atoms with Gasteiger partial charge >= 0.3 is 5.97 Å². The number of hydrogen-bond donors (Lipinski definition) is 9. The molecule has 0 radical (unpaired) electrons. The number of hydrogen-bond acceptors (Lipinski definition) is 13. The molecule has 4 rings (SSSR count). The topological polar surface area (TPSA) is 348 Å². The normalized spacial score (nSPS) is 21.0. The summed E-state index contributed by atoms with van der Waals surface area (Å²) < 4.78 is 0. The Bertz CT molecular complexity index is 2580. The number of rotatable bonds is 35. The number of carboxylic acid groups (broad SMARTS) is 1. The lowest BCUT2D eigenvalue weighted by atomic mass is 9.98. The van der Waals surface area contributed by atoms with Crippen LogP contribution in [0.1, 0.15) is 214 Å². The predicted molar refractivity (Wildman–Crippen MR) is 354 cm³/mol. The van der Waals surface area contributed by atoms with Crippen LogP contribution in [0.3, 0.4) is 0 Å². The molecule has 25 nitrogen and oxygen atoms in total.